The van der Waals surface area contributed by atoms with Gasteiger partial charge in [0.25, 0.3) is 0 Å². The Morgan fingerprint density at radius 3 is 2.55 bits per heavy atom. The van der Waals surface area contributed by atoms with Gasteiger partial charge in [-0.05, 0) is 19.4 Å². The zero-order valence-corrected chi connectivity index (χ0v) is 12.9. The molecule has 0 aliphatic rings. The highest BCUT2D eigenvalue weighted by Crippen LogP contribution is 2.21. The van der Waals surface area contributed by atoms with Crippen LogP contribution in [0.15, 0.2) is 42.9 Å². The second kappa shape index (κ2) is 6.23. The van der Waals surface area contributed by atoms with Gasteiger partial charge in [0.1, 0.15) is 0 Å². The van der Waals surface area contributed by atoms with Crippen molar-refractivity contribution in [2.75, 3.05) is 6.54 Å². The van der Waals surface area contributed by atoms with Crippen LogP contribution in [0.2, 0.25) is 0 Å². The summed E-state index contributed by atoms with van der Waals surface area (Å²) in [6, 6.07) is 11.1. The number of hydrogen-bond donors (Lipinski definition) is 1. The first-order chi connectivity index (χ1) is 9.50. The lowest BCUT2D eigenvalue weighted by Crippen LogP contribution is -2.33. The predicted octanol–water partition coefficient (Wildman–Crippen LogP) is 3.53. The first kappa shape index (κ1) is 14.8. The van der Waals surface area contributed by atoms with Gasteiger partial charge in [-0.3, -0.25) is 0 Å². The average molecular weight is 271 g/mol. The van der Waals surface area contributed by atoms with E-state index in [-0.39, 0.29) is 5.41 Å². The summed E-state index contributed by atoms with van der Waals surface area (Å²) in [5.41, 5.74) is 2.73. The molecule has 1 N–H and O–H groups in total. The molecule has 1 aromatic heterocycles. The molecule has 0 spiro atoms. The molecule has 0 amide bonds. The van der Waals surface area contributed by atoms with Gasteiger partial charge in [-0.25, -0.2) is 4.98 Å². The molecule has 0 aliphatic heterocycles. The molecular weight excluding hydrogens is 246 g/mol. The Kier molecular flexibility index (Phi) is 4.61. The van der Waals surface area contributed by atoms with Crippen molar-refractivity contribution in [3.05, 3.63) is 54.1 Å². The number of nitrogens with zero attached hydrogens (tertiary/aromatic N) is 2. The monoisotopic (exact) mass is 271 g/mol. The molecule has 0 unspecified atom stereocenters. The minimum atomic E-state index is 0.129. The SMILES string of the molecule is CC(C)n1cncc1CNCC(C)(C)c1ccccc1. The fourth-order valence-corrected chi connectivity index (χ4v) is 2.43. The Hall–Kier alpha value is -1.61. The number of imidazole rings is 1. The van der Waals surface area contributed by atoms with Crippen LogP contribution in [-0.2, 0) is 12.0 Å². The second-order valence-electron chi connectivity index (χ2n) is 6.24. The lowest BCUT2D eigenvalue weighted by Gasteiger charge is -2.26. The predicted molar refractivity (Wildman–Crippen MR) is 83.8 cm³/mol. The van der Waals surface area contributed by atoms with E-state index in [0.29, 0.717) is 6.04 Å². The van der Waals surface area contributed by atoms with Crippen molar-refractivity contribution >= 4 is 0 Å². The molecule has 0 fully saturated rings. The molecule has 0 saturated heterocycles. The summed E-state index contributed by atoms with van der Waals surface area (Å²) in [5, 5.41) is 3.56. The van der Waals surface area contributed by atoms with Crippen molar-refractivity contribution in [3.8, 4) is 0 Å². The highest BCUT2D eigenvalue weighted by molar-refractivity contribution is 5.23. The van der Waals surface area contributed by atoms with Gasteiger partial charge in [-0.15, -0.1) is 0 Å². The largest absolute Gasteiger partial charge is 0.331 e. The number of benzene rings is 1. The molecule has 3 nitrogen and oxygen atoms in total. The van der Waals surface area contributed by atoms with E-state index in [1.807, 2.05) is 12.5 Å². The molecule has 1 heterocycles. The van der Waals surface area contributed by atoms with Crippen LogP contribution in [0.4, 0.5) is 0 Å². The first-order valence-electron chi connectivity index (χ1n) is 7.27. The minimum Gasteiger partial charge on any atom is -0.331 e. The third kappa shape index (κ3) is 3.48. The molecule has 0 aliphatic carbocycles. The second-order valence-corrected chi connectivity index (χ2v) is 6.24. The number of nitrogens with one attached hydrogen (secondary N) is 1. The van der Waals surface area contributed by atoms with Crippen LogP contribution in [-0.4, -0.2) is 16.1 Å². The standard InChI is InChI=1S/C17H25N3/c1-14(2)20-13-19-11-16(20)10-18-12-17(3,4)15-8-6-5-7-9-15/h5-9,11,13-14,18H,10,12H2,1-4H3. The van der Waals surface area contributed by atoms with E-state index < -0.39 is 0 Å². The fourth-order valence-electron chi connectivity index (χ4n) is 2.43. The van der Waals surface area contributed by atoms with Crippen LogP contribution < -0.4 is 5.32 Å². The lowest BCUT2D eigenvalue weighted by atomic mass is 9.84. The Balaban J connectivity index is 1.94. The van der Waals surface area contributed by atoms with Gasteiger partial charge in [0, 0.05) is 30.7 Å². The fraction of sp³-hybridized carbons (Fsp3) is 0.471. The summed E-state index contributed by atoms with van der Waals surface area (Å²) in [4.78, 5) is 4.24. The van der Waals surface area contributed by atoms with E-state index in [2.05, 4.69) is 72.9 Å². The van der Waals surface area contributed by atoms with E-state index in [9.17, 15) is 0 Å². The van der Waals surface area contributed by atoms with Gasteiger partial charge in [0.05, 0.1) is 12.0 Å². The zero-order valence-electron chi connectivity index (χ0n) is 12.9. The van der Waals surface area contributed by atoms with Crippen LogP contribution in [0.5, 0.6) is 0 Å². The summed E-state index contributed by atoms with van der Waals surface area (Å²) in [6.45, 7) is 10.7. The maximum Gasteiger partial charge on any atom is 0.0951 e. The van der Waals surface area contributed by atoms with E-state index >= 15 is 0 Å². The van der Waals surface area contributed by atoms with Crippen molar-refractivity contribution in [1.29, 1.82) is 0 Å². The Bertz CT molecular complexity index is 526. The van der Waals surface area contributed by atoms with E-state index in [1.54, 1.807) is 0 Å². The van der Waals surface area contributed by atoms with Gasteiger partial charge in [0.2, 0.25) is 0 Å². The molecule has 108 valence electrons. The number of rotatable bonds is 6. The van der Waals surface area contributed by atoms with Crippen molar-refractivity contribution in [2.45, 2.75) is 45.7 Å². The van der Waals surface area contributed by atoms with Gasteiger partial charge < -0.3 is 9.88 Å². The van der Waals surface area contributed by atoms with Gasteiger partial charge in [-0.1, -0.05) is 44.2 Å². The highest BCUT2D eigenvalue weighted by Gasteiger charge is 2.19. The average Bonchev–Trinajstić information content (AvgIpc) is 2.88. The van der Waals surface area contributed by atoms with Crippen molar-refractivity contribution < 1.29 is 0 Å². The number of hydrogen-bond acceptors (Lipinski definition) is 2. The summed E-state index contributed by atoms with van der Waals surface area (Å²) < 4.78 is 2.21. The van der Waals surface area contributed by atoms with Gasteiger partial charge in [-0.2, -0.15) is 0 Å². The molecule has 0 atom stereocenters. The summed E-state index contributed by atoms with van der Waals surface area (Å²) in [7, 11) is 0. The van der Waals surface area contributed by atoms with E-state index in [0.717, 1.165) is 13.1 Å². The van der Waals surface area contributed by atoms with Crippen LogP contribution in [0.3, 0.4) is 0 Å². The topological polar surface area (TPSA) is 29.9 Å². The first-order valence-corrected chi connectivity index (χ1v) is 7.27. The van der Waals surface area contributed by atoms with Crippen LogP contribution >= 0.6 is 0 Å². The summed E-state index contributed by atoms with van der Waals surface area (Å²) in [6.07, 6.45) is 3.85. The van der Waals surface area contributed by atoms with Crippen molar-refractivity contribution in [1.82, 2.24) is 14.9 Å². The smallest absolute Gasteiger partial charge is 0.0951 e. The van der Waals surface area contributed by atoms with Gasteiger partial charge in [0.15, 0.2) is 0 Å². The Morgan fingerprint density at radius 2 is 1.90 bits per heavy atom. The van der Waals surface area contributed by atoms with Gasteiger partial charge >= 0.3 is 0 Å². The molecule has 2 aromatic rings. The van der Waals surface area contributed by atoms with Crippen molar-refractivity contribution in [3.63, 3.8) is 0 Å². The van der Waals surface area contributed by atoms with E-state index in [4.69, 9.17) is 0 Å². The van der Waals surface area contributed by atoms with Crippen LogP contribution in [0.25, 0.3) is 0 Å². The normalized spacial score (nSPS) is 12.1. The Morgan fingerprint density at radius 1 is 1.20 bits per heavy atom. The molecule has 20 heavy (non-hydrogen) atoms. The van der Waals surface area contributed by atoms with Crippen LogP contribution in [0, 0.1) is 0 Å². The minimum absolute atomic E-state index is 0.129. The zero-order chi connectivity index (χ0) is 14.6. The van der Waals surface area contributed by atoms with Crippen molar-refractivity contribution in [2.24, 2.45) is 0 Å². The Labute approximate surface area is 122 Å². The molecular formula is C17H25N3. The number of aromatic nitrogens is 2. The maximum atomic E-state index is 4.24. The molecule has 0 saturated carbocycles. The molecule has 1 aromatic carbocycles. The molecule has 0 radical (unpaired) electrons. The maximum absolute atomic E-state index is 4.24. The quantitative estimate of drug-likeness (QED) is 0.871. The molecule has 2 rings (SSSR count). The third-order valence-electron chi connectivity index (χ3n) is 3.73. The van der Waals surface area contributed by atoms with Crippen LogP contribution in [0.1, 0.15) is 45.0 Å². The molecule has 3 heteroatoms. The van der Waals surface area contributed by atoms with E-state index in [1.165, 1.54) is 11.3 Å². The molecule has 0 bridgehead atoms. The summed E-state index contributed by atoms with van der Waals surface area (Å²) in [5.74, 6) is 0. The lowest BCUT2D eigenvalue weighted by molar-refractivity contribution is 0.457. The third-order valence-corrected chi connectivity index (χ3v) is 3.73. The highest BCUT2D eigenvalue weighted by atomic mass is 15.1. The summed E-state index contributed by atoms with van der Waals surface area (Å²) >= 11 is 0.